The maximum Gasteiger partial charge on any atom is 0.305 e. The highest BCUT2D eigenvalue weighted by molar-refractivity contribution is 7.99. The number of carboxylic acids is 1. The van der Waals surface area contributed by atoms with Gasteiger partial charge in [-0.2, -0.15) is 4.98 Å². The number of carbonyl (C=O) groups excluding carboxylic acids is 3. The second-order valence-corrected chi connectivity index (χ2v) is 11.5. The molecule has 2 aromatic carbocycles. The number of hydrogen-bond acceptors (Lipinski definition) is 9. The molecule has 0 saturated heterocycles. The highest BCUT2D eigenvalue weighted by Crippen LogP contribution is 2.29. The summed E-state index contributed by atoms with van der Waals surface area (Å²) in [4.78, 5) is 55.7. The fourth-order valence-electron chi connectivity index (χ4n) is 5.18. The number of ether oxygens (including phenoxy) is 1. The van der Waals surface area contributed by atoms with Gasteiger partial charge in [0.2, 0.25) is 11.8 Å². The summed E-state index contributed by atoms with van der Waals surface area (Å²) in [6.45, 7) is 1.71. The Morgan fingerprint density at radius 1 is 1.09 bits per heavy atom. The van der Waals surface area contributed by atoms with Gasteiger partial charge in [-0.1, -0.05) is 48.3 Å². The molecular weight excluding hydrogens is 572 g/mol. The number of hydrogen-bond donors (Lipinski definition) is 3. The molecule has 11 nitrogen and oxygen atoms in total. The quantitative estimate of drug-likeness (QED) is 0.232. The predicted molar refractivity (Wildman–Crippen MR) is 160 cm³/mol. The number of rotatable bonds is 15. The monoisotopic (exact) mass is 608 g/mol. The van der Waals surface area contributed by atoms with E-state index in [2.05, 4.69) is 20.8 Å². The summed E-state index contributed by atoms with van der Waals surface area (Å²) in [6.07, 6.45) is 2.67. The van der Waals surface area contributed by atoms with E-state index in [1.807, 2.05) is 30.3 Å². The number of nitrogens with one attached hydrogen (secondary N) is 2. The Bertz CT molecular complexity index is 1420. The molecular formula is C31H36N4O7S. The second-order valence-electron chi connectivity index (χ2n) is 10.5. The van der Waals surface area contributed by atoms with Crippen LogP contribution in [-0.2, 0) is 31.4 Å². The Morgan fingerprint density at radius 2 is 1.84 bits per heavy atom. The van der Waals surface area contributed by atoms with E-state index in [9.17, 15) is 24.3 Å². The van der Waals surface area contributed by atoms with Crippen LogP contribution in [0.1, 0.15) is 49.1 Å². The van der Waals surface area contributed by atoms with Gasteiger partial charge in [-0.05, 0) is 49.4 Å². The van der Waals surface area contributed by atoms with E-state index in [1.54, 1.807) is 25.1 Å². The topological polar surface area (TPSA) is 161 Å². The number of aromatic nitrogens is 2. The highest BCUT2D eigenvalue weighted by atomic mass is 32.2. The zero-order valence-electron chi connectivity index (χ0n) is 24.2. The normalized spacial score (nSPS) is 14.6. The van der Waals surface area contributed by atoms with Gasteiger partial charge in [0, 0.05) is 16.9 Å². The number of nitrogens with zero attached hydrogens (tertiary/aromatic N) is 2. The van der Waals surface area contributed by atoms with E-state index in [0.29, 0.717) is 34.3 Å². The van der Waals surface area contributed by atoms with Crippen molar-refractivity contribution in [1.82, 2.24) is 20.8 Å². The van der Waals surface area contributed by atoms with Crippen molar-refractivity contribution in [2.75, 3.05) is 12.9 Å². The van der Waals surface area contributed by atoms with E-state index in [0.717, 1.165) is 31.2 Å². The van der Waals surface area contributed by atoms with Crippen molar-refractivity contribution in [2.24, 2.45) is 5.92 Å². The maximum atomic E-state index is 13.5. The van der Waals surface area contributed by atoms with Gasteiger partial charge < -0.3 is 25.0 Å². The Balaban J connectivity index is 1.44. The van der Waals surface area contributed by atoms with Crippen LogP contribution in [0.25, 0.3) is 11.5 Å². The van der Waals surface area contributed by atoms with Crippen LogP contribution in [0.3, 0.4) is 0 Å². The van der Waals surface area contributed by atoms with Crippen molar-refractivity contribution < 1.29 is 33.5 Å². The van der Waals surface area contributed by atoms with Gasteiger partial charge in [-0.15, -0.1) is 11.8 Å². The number of methoxy groups -OCH3 is 1. The van der Waals surface area contributed by atoms with Crippen molar-refractivity contribution in [1.29, 1.82) is 0 Å². The standard InChI is InChI=1S/C31H36N4O7S/c1-19-32-31(42-35-19)22-12-13-26(41-2)23(14-22)15-27(37)34-29(21-10-6-7-11-21)30(40)33-24(16-28(38)39)25(36)18-43-17-20-8-4-3-5-9-20/h3-5,8-9,12-14,21,24,29H,6-7,10-11,15-18H2,1-2H3,(H,33,40)(H,34,37)(H,38,39)/t24-,29-/m0/s1. The number of amides is 2. The molecule has 3 aromatic rings. The van der Waals surface area contributed by atoms with Gasteiger partial charge in [-0.3, -0.25) is 19.2 Å². The lowest BCUT2D eigenvalue weighted by Crippen LogP contribution is -2.55. The number of aryl methyl sites for hydroxylation is 1. The molecule has 43 heavy (non-hydrogen) atoms. The molecule has 0 bridgehead atoms. The molecule has 1 fully saturated rings. The van der Waals surface area contributed by atoms with Gasteiger partial charge >= 0.3 is 5.97 Å². The Labute approximate surface area is 254 Å². The molecule has 1 aromatic heterocycles. The molecule has 0 radical (unpaired) electrons. The minimum absolute atomic E-state index is 0.0449. The fourth-order valence-corrected chi connectivity index (χ4v) is 6.11. The largest absolute Gasteiger partial charge is 0.496 e. The number of carboxylic acid groups (broad SMARTS) is 1. The van der Waals surface area contributed by atoms with E-state index in [-0.39, 0.29) is 23.9 Å². The summed E-state index contributed by atoms with van der Waals surface area (Å²) in [6, 6.07) is 12.7. The molecule has 0 unspecified atom stereocenters. The average molecular weight is 609 g/mol. The maximum absolute atomic E-state index is 13.5. The third kappa shape index (κ3) is 9.15. The van der Waals surface area contributed by atoms with Crippen LogP contribution in [-0.4, -0.2) is 63.8 Å². The van der Waals surface area contributed by atoms with Crippen LogP contribution in [0.15, 0.2) is 53.1 Å². The van der Waals surface area contributed by atoms with Gasteiger partial charge in [0.1, 0.15) is 11.8 Å². The van der Waals surface area contributed by atoms with E-state index in [1.165, 1.54) is 18.9 Å². The van der Waals surface area contributed by atoms with Crippen LogP contribution in [0.5, 0.6) is 5.75 Å². The second kappa shape index (κ2) is 15.3. The van der Waals surface area contributed by atoms with Gasteiger partial charge in [0.15, 0.2) is 11.6 Å². The first-order chi connectivity index (χ1) is 20.7. The number of ketones is 1. The molecule has 228 valence electrons. The number of thioether (sulfide) groups is 1. The first-order valence-electron chi connectivity index (χ1n) is 14.2. The van der Waals surface area contributed by atoms with Crippen molar-refractivity contribution in [3.63, 3.8) is 0 Å². The lowest BCUT2D eigenvalue weighted by molar-refractivity contribution is -0.140. The molecule has 12 heteroatoms. The molecule has 1 aliphatic carbocycles. The minimum Gasteiger partial charge on any atom is -0.496 e. The zero-order chi connectivity index (χ0) is 30.8. The molecule has 1 aliphatic rings. The molecule has 2 amide bonds. The first-order valence-corrected chi connectivity index (χ1v) is 15.3. The summed E-state index contributed by atoms with van der Waals surface area (Å²) >= 11 is 1.36. The van der Waals surface area contributed by atoms with Crippen molar-refractivity contribution in [3.8, 4) is 17.2 Å². The zero-order valence-corrected chi connectivity index (χ0v) is 25.0. The minimum atomic E-state index is -1.20. The number of carbonyl (C=O) groups is 4. The van der Waals surface area contributed by atoms with E-state index < -0.39 is 36.3 Å². The van der Waals surface area contributed by atoms with Crippen molar-refractivity contribution in [2.45, 2.75) is 63.3 Å². The predicted octanol–water partition coefficient (Wildman–Crippen LogP) is 3.73. The van der Waals surface area contributed by atoms with Crippen molar-refractivity contribution in [3.05, 3.63) is 65.5 Å². The van der Waals surface area contributed by atoms with E-state index >= 15 is 0 Å². The number of aliphatic carboxylic acids is 1. The fraction of sp³-hybridized carbons (Fsp3) is 0.419. The lowest BCUT2D eigenvalue weighted by Gasteiger charge is -2.26. The summed E-state index contributed by atoms with van der Waals surface area (Å²) < 4.78 is 10.7. The van der Waals surface area contributed by atoms with Crippen LogP contribution in [0, 0.1) is 12.8 Å². The molecule has 1 heterocycles. The molecule has 1 saturated carbocycles. The molecule has 2 atom stereocenters. The lowest BCUT2D eigenvalue weighted by atomic mass is 9.96. The Morgan fingerprint density at radius 3 is 2.49 bits per heavy atom. The Hall–Kier alpha value is -4.19. The highest BCUT2D eigenvalue weighted by Gasteiger charge is 2.35. The SMILES string of the molecule is COc1ccc(-c2nc(C)no2)cc1CC(=O)N[C@H](C(=O)N[C@@H](CC(=O)O)C(=O)CSCc1ccccc1)C1CCCC1. The number of benzene rings is 2. The first kappa shape index (κ1) is 31.7. The molecule has 3 N–H and O–H groups in total. The van der Waals surface area contributed by atoms with Crippen LogP contribution >= 0.6 is 11.8 Å². The number of Topliss-reactive ketones (excluding diaryl/α,β-unsaturated/α-hetero) is 1. The van der Waals surface area contributed by atoms with Gasteiger partial charge in [0.05, 0.1) is 31.7 Å². The Kier molecular flexibility index (Phi) is 11.3. The summed E-state index contributed by atoms with van der Waals surface area (Å²) in [5, 5.41) is 18.8. The van der Waals surface area contributed by atoms with Crippen LogP contribution in [0.2, 0.25) is 0 Å². The summed E-state index contributed by atoms with van der Waals surface area (Å²) in [7, 11) is 1.50. The smallest absolute Gasteiger partial charge is 0.305 e. The van der Waals surface area contributed by atoms with Gasteiger partial charge in [0.25, 0.3) is 5.89 Å². The molecule has 0 aliphatic heterocycles. The third-order valence-electron chi connectivity index (χ3n) is 7.32. The molecule has 4 rings (SSSR count). The average Bonchev–Trinajstić information content (AvgIpc) is 3.68. The van der Waals surface area contributed by atoms with Crippen LogP contribution < -0.4 is 15.4 Å². The summed E-state index contributed by atoms with van der Waals surface area (Å²) in [5.41, 5.74) is 2.22. The van der Waals surface area contributed by atoms with Gasteiger partial charge in [-0.25, -0.2) is 0 Å². The summed E-state index contributed by atoms with van der Waals surface area (Å²) in [5.74, 6) is -0.794. The van der Waals surface area contributed by atoms with Crippen LogP contribution in [0.4, 0.5) is 0 Å². The molecule has 0 spiro atoms. The van der Waals surface area contributed by atoms with Crippen molar-refractivity contribution >= 4 is 35.3 Å². The van der Waals surface area contributed by atoms with E-state index in [4.69, 9.17) is 9.26 Å². The third-order valence-corrected chi connectivity index (χ3v) is 8.34.